The molecule has 0 aliphatic carbocycles. The first-order valence-corrected chi connectivity index (χ1v) is 15.9. The molecule has 1 fully saturated rings. The Balaban J connectivity index is 1.22. The zero-order chi connectivity index (χ0) is 35.0. The van der Waals surface area contributed by atoms with Crippen molar-refractivity contribution < 1.29 is 28.5 Å². The molecule has 0 radical (unpaired) electrons. The van der Waals surface area contributed by atoms with E-state index in [1.165, 1.54) is 30.4 Å². The standard InChI is InChI=1S/C39H32N4O7/c44-31-21-23-42(24-22-31)37(27-7-3-1-4-8-27)39(47)41-34-18-13-29(25-33(34)38(46)28-9-5-2-6-10-28)40-36(45)20-17-32-16-19-35(50-32)26-11-14-30(15-12-26)43(48)49/h1-20,25,37H,21-24H2,(H,40,45)(H,41,47). The number of rotatable bonds is 11. The minimum Gasteiger partial charge on any atom is -0.457 e. The van der Waals surface area contributed by atoms with Crippen LogP contribution in [0.5, 0.6) is 0 Å². The second-order valence-corrected chi connectivity index (χ2v) is 11.7. The highest BCUT2D eigenvalue weighted by molar-refractivity contribution is 6.15. The number of hydrogen-bond acceptors (Lipinski definition) is 8. The molecule has 50 heavy (non-hydrogen) atoms. The van der Waals surface area contributed by atoms with Crippen LogP contribution >= 0.6 is 0 Å². The molecular weight excluding hydrogens is 636 g/mol. The number of non-ortho nitro benzene ring substituents is 1. The van der Waals surface area contributed by atoms with Gasteiger partial charge in [0.2, 0.25) is 11.8 Å². The number of carbonyl (C=O) groups excluding carboxylic acids is 4. The topological polar surface area (TPSA) is 152 Å². The number of hydrogen-bond donors (Lipinski definition) is 2. The van der Waals surface area contributed by atoms with Crippen LogP contribution in [0.25, 0.3) is 17.4 Å². The molecule has 250 valence electrons. The highest BCUT2D eigenvalue weighted by Gasteiger charge is 2.31. The number of amides is 2. The van der Waals surface area contributed by atoms with E-state index in [1.807, 2.05) is 35.2 Å². The second-order valence-electron chi connectivity index (χ2n) is 11.7. The van der Waals surface area contributed by atoms with Gasteiger partial charge in [-0.1, -0.05) is 60.7 Å². The number of piperidine rings is 1. The lowest BCUT2D eigenvalue weighted by Crippen LogP contribution is -2.42. The monoisotopic (exact) mass is 668 g/mol. The molecule has 1 aromatic heterocycles. The van der Waals surface area contributed by atoms with Crippen LogP contribution in [0.15, 0.2) is 126 Å². The van der Waals surface area contributed by atoms with Crippen molar-refractivity contribution in [3.05, 3.63) is 154 Å². The van der Waals surface area contributed by atoms with E-state index in [4.69, 9.17) is 4.42 Å². The number of furan rings is 1. The number of carbonyl (C=O) groups is 4. The summed E-state index contributed by atoms with van der Waals surface area (Å²) in [5.74, 6) is -0.159. The number of anilines is 2. The van der Waals surface area contributed by atoms with E-state index in [1.54, 1.807) is 66.7 Å². The van der Waals surface area contributed by atoms with Gasteiger partial charge in [-0.3, -0.25) is 34.2 Å². The Bertz CT molecular complexity index is 2060. The fraction of sp³-hybridized carbons (Fsp3) is 0.128. The van der Waals surface area contributed by atoms with Gasteiger partial charge in [0.1, 0.15) is 23.3 Å². The van der Waals surface area contributed by atoms with E-state index in [-0.39, 0.29) is 34.4 Å². The quantitative estimate of drug-likeness (QED) is 0.0656. The molecule has 11 heteroatoms. The van der Waals surface area contributed by atoms with E-state index in [2.05, 4.69) is 10.6 Å². The third kappa shape index (κ3) is 7.97. The van der Waals surface area contributed by atoms with Gasteiger partial charge in [0.15, 0.2) is 5.78 Å². The molecule has 1 unspecified atom stereocenters. The molecule has 1 atom stereocenters. The van der Waals surface area contributed by atoms with Crippen LogP contribution in [0, 0.1) is 10.1 Å². The van der Waals surface area contributed by atoms with Crippen LogP contribution in [0.4, 0.5) is 17.1 Å². The maximum Gasteiger partial charge on any atom is 0.269 e. The first-order chi connectivity index (χ1) is 24.2. The van der Waals surface area contributed by atoms with Gasteiger partial charge in [0.05, 0.1) is 10.6 Å². The summed E-state index contributed by atoms with van der Waals surface area (Å²) >= 11 is 0. The van der Waals surface area contributed by atoms with E-state index in [0.29, 0.717) is 54.3 Å². The van der Waals surface area contributed by atoms with Gasteiger partial charge in [-0.25, -0.2) is 0 Å². The van der Waals surface area contributed by atoms with Crippen molar-refractivity contribution in [3.63, 3.8) is 0 Å². The first kappa shape index (κ1) is 33.4. The third-order valence-corrected chi connectivity index (χ3v) is 8.30. The van der Waals surface area contributed by atoms with E-state index < -0.39 is 16.9 Å². The average Bonchev–Trinajstić information content (AvgIpc) is 3.62. The van der Waals surface area contributed by atoms with E-state index in [0.717, 1.165) is 5.56 Å². The van der Waals surface area contributed by atoms with Gasteiger partial charge in [-0.15, -0.1) is 0 Å². The van der Waals surface area contributed by atoms with Gasteiger partial charge in [0.25, 0.3) is 5.69 Å². The van der Waals surface area contributed by atoms with Crippen molar-refractivity contribution in [2.75, 3.05) is 23.7 Å². The molecule has 1 saturated heterocycles. The van der Waals surface area contributed by atoms with Crippen LogP contribution < -0.4 is 10.6 Å². The van der Waals surface area contributed by atoms with Crippen molar-refractivity contribution in [2.45, 2.75) is 18.9 Å². The number of likely N-dealkylation sites (tertiary alicyclic amines) is 1. The maximum absolute atomic E-state index is 14.0. The third-order valence-electron chi connectivity index (χ3n) is 8.30. The molecule has 2 amide bonds. The van der Waals surface area contributed by atoms with Crippen LogP contribution in [0.3, 0.4) is 0 Å². The molecule has 5 aromatic rings. The summed E-state index contributed by atoms with van der Waals surface area (Å²) in [7, 11) is 0. The zero-order valence-electron chi connectivity index (χ0n) is 26.8. The van der Waals surface area contributed by atoms with Gasteiger partial charge < -0.3 is 15.1 Å². The van der Waals surface area contributed by atoms with Crippen LogP contribution in [0.2, 0.25) is 0 Å². The van der Waals surface area contributed by atoms with Crippen LogP contribution in [0.1, 0.15) is 46.1 Å². The predicted molar refractivity (Wildman–Crippen MR) is 188 cm³/mol. The summed E-state index contributed by atoms with van der Waals surface area (Å²) in [4.78, 5) is 65.1. The molecule has 1 aliphatic rings. The van der Waals surface area contributed by atoms with Crippen molar-refractivity contribution >= 4 is 46.5 Å². The fourth-order valence-electron chi connectivity index (χ4n) is 5.75. The van der Waals surface area contributed by atoms with E-state index >= 15 is 0 Å². The largest absolute Gasteiger partial charge is 0.457 e. The normalized spacial score (nSPS) is 13.9. The summed E-state index contributed by atoms with van der Waals surface area (Å²) in [6.07, 6.45) is 3.48. The summed E-state index contributed by atoms with van der Waals surface area (Å²) in [6.45, 7) is 0.882. The molecule has 2 N–H and O–H groups in total. The Morgan fingerprint density at radius 3 is 2.18 bits per heavy atom. The Kier molecular flexibility index (Phi) is 10.2. The van der Waals surface area contributed by atoms with Gasteiger partial charge in [-0.2, -0.15) is 0 Å². The number of nitro benzene ring substituents is 1. The second kappa shape index (κ2) is 15.2. The highest BCUT2D eigenvalue weighted by Crippen LogP contribution is 2.29. The minimum atomic E-state index is -0.684. The fourth-order valence-corrected chi connectivity index (χ4v) is 5.75. The van der Waals surface area contributed by atoms with E-state index in [9.17, 15) is 29.3 Å². The Morgan fingerprint density at radius 2 is 1.50 bits per heavy atom. The Hall–Kier alpha value is -6.46. The molecule has 0 bridgehead atoms. The number of ketones is 2. The lowest BCUT2D eigenvalue weighted by molar-refractivity contribution is -0.384. The first-order valence-electron chi connectivity index (χ1n) is 15.9. The van der Waals surface area contributed by atoms with Gasteiger partial charge >= 0.3 is 0 Å². The minimum absolute atomic E-state index is 0.0336. The molecule has 4 aromatic carbocycles. The summed E-state index contributed by atoms with van der Waals surface area (Å²) in [5.41, 5.74) is 2.57. The molecule has 11 nitrogen and oxygen atoms in total. The summed E-state index contributed by atoms with van der Waals surface area (Å²) in [6, 6.07) is 31.2. The number of nitrogens with zero attached hydrogens (tertiary/aromatic N) is 2. The zero-order valence-corrected chi connectivity index (χ0v) is 26.8. The van der Waals surface area contributed by atoms with Gasteiger partial charge in [0, 0.05) is 66.5 Å². The lowest BCUT2D eigenvalue weighted by atomic mass is 9.98. The van der Waals surface area contributed by atoms with Crippen molar-refractivity contribution in [3.8, 4) is 11.3 Å². The summed E-state index contributed by atoms with van der Waals surface area (Å²) in [5, 5.41) is 16.7. The van der Waals surface area contributed by atoms with Crippen LogP contribution in [-0.2, 0) is 14.4 Å². The molecule has 2 heterocycles. The van der Waals surface area contributed by atoms with Crippen molar-refractivity contribution in [1.82, 2.24) is 4.90 Å². The number of nitrogens with one attached hydrogen (secondary N) is 2. The molecular formula is C39H32N4O7. The number of benzene rings is 4. The molecule has 1 aliphatic heterocycles. The highest BCUT2D eigenvalue weighted by atomic mass is 16.6. The van der Waals surface area contributed by atoms with Crippen molar-refractivity contribution in [1.29, 1.82) is 0 Å². The van der Waals surface area contributed by atoms with Crippen LogP contribution in [-0.4, -0.2) is 46.3 Å². The SMILES string of the molecule is O=C1CCN(C(C(=O)Nc2ccc(NC(=O)C=Cc3ccc(-c4ccc([N+](=O)[O-])cc4)o3)cc2C(=O)c2ccccc2)c2ccccc2)CC1. The lowest BCUT2D eigenvalue weighted by Gasteiger charge is -2.33. The molecule has 0 saturated carbocycles. The molecule has 0 spiro atoms. The molecule has 6 rings (SSSR count). The number of nitro groups is 1. The average molecular weight is 669 g/mol. The Labute approximate surface area is 287 Å². The number of Topliss-reactive ketones (excluding diaryl/α,β-unsaturated/α-hetero) is 1. The van der Waals surface area contributed by atoms with Crippen molar-refractivity contribution in [2.24, 2.45) is 0 Å². The smallest absolute Gasteiger partial charge is 0.269 e. The Morgan fingerprint density at radius 1 is 0.820 bits per heavy atom. The summed E-state index contributed by atoms with van der Waals surface area (Å²) < 4.78 is 5.78. The maximum atomic E-state index is 14.0. The predicted octanol–water partition coefficient (Wildman–Crippen LogP) is 7.08. The van der Waals surface area contributed by atoms with Gasteiger partial charge in [-0.05, 0) is 54.1 Å².